The van der Waals surface area contributed by atoms with Crippen molar-refractivity contribution in [3.63, 3.8) is 0 Å². The van der Waals surface area contributed by atoms with E-state index in [0.717, 1.165) is 0 Å². The molecule has 0 saturated heterocycles. The van der Waals surface area contributed by atoms with Gasteiger partial charge in [-0.05, 0) is 11.6 Å². The molecule has 0 amide bonds. The van der Waals surface area contributed by atoms with E-state index in [-0.39, 0.29) is 21.6 Å². The van der Waals surface area contributed by atoms with Gasteiger partial charge in [0.2, 0.25) is 0 Å². The molecule has 0 aliphatic rings. The van der Waals surface area contributed by atoms with Gasteiger partial charge in [-0.2, -0.15) is 0 Å². The number of nitro groups is 1. The smallest absolute Gasteiger partial charge is 0.258 e. The molecular formula is C7H4Cl3NO2. The minimum atomic E-state index is -0.591. The fourth-order valence-corrected chi connectivity index (χ4v) is 1.59. The van der Waals surface area contributed by atoms with E-state index in [9.17, 15) is 10.1 Å². The van der Waals surface area contributed by atoms with Crippen molar-refractivity contribution in [1.29, 1.82) is 0 Å². The van der Waals surface area contributed by atoms with Gasteiger partial charge in [0.15, 0.2) is 0 Å². The molecule has 0 N–H and O–H groups in total. The first kappa shape index (κ1) is 10.6. The second-order valence-corrected chi connectivity index (χ2v) is 3.29. The molecule has 0 atom stereocenters. The maximum atomic E-state index is 10.4. The highest BCUT2D eigenvalue weighted by Gasteiger charge is 2.17. The number of nitro benzene ring substituents is 1. The third-order valence-electron chi connectivity index (χ3n) is 1.48. The van der Waals surface area contributed by atoms with Gasteiger partial charge < -0.3 is 0 Å². The van der Waals surface area contributed by atoms with E-state index in [0.29, 0.717) is 5.56 Å². The zero-order valence-corrected chi connectivity index (χ0v) is 8.53. The van der Waals surface area contributed by atoms with Crippen molar-refractivity contribution in [1.82, 2.24) is 0 Å². The van der Waals surface area contributed by atoms with Gasteiger partial charge in [0.1, 0.15) is 5.02 Å². The van der Waals surface area contributed by atoms with Crippen LogP contribution < -0.4 is 0 Å². The summed E-state index contributed by atoms with van der Waals surface area (Å²) in [4.78, 5) is 9.81. The van der Waals surface area contributed by atoms with Crippen molar-refractivity contribution in [3.8, 4) is 0 Å². The van der Waals surface area contributed by atoms with Gasteiger partial charge in [0.25, 0.3) is 5.69 Å². The molecule has 3 nitrogen and oxygen atoms in total. The molecule has 0 radical (unpaired) electrons. The number of nitrogens with zero attached hydrogens (tertiary/aromatic N) is 1. The van der Waals surface area contributed by atoms with E-state index in [1.807, 2.05) is 0 Å². The maximum absolute atomic E-state index is 10.4. The highest BCUT2D eigenvalue weighted by molar-refractivity contribution is 6.44. The molecule has 0 fully saturated rings. The van der Waals surface area contributed by atoms with Crippen LogP contribution in [0.1, 0.15) is 5.56 Å². The minimum Gasteiger partial charge on any atom is -0.258 e. The van der Waals surface area contributed by atoms with Crippen LogP contribution in [0.2, 0.25) is 10.0 Å². The van der Waals surface area contributed by atoms with Gasteiger partial charge in [-0.15, -0.1) is 11.6 Å². The summed E-state index contributed by atoms with van der Waals surface area (Å²) in [5, 5.41) is 10.5. The average molecular weight is 240 g/mol. The van der Waals surface area contributed by atoms with Crippen LogP contribution in [0.5, 0.6) is 0 Å². The monoisotopic (exact) mass is 239 g/mol. The van der Waals surface area contributed by atoms with E-state index in [2.05, 4.69) is 0 Å². The Kier molecular flexibility index (Phi) is 3.36. The molecule has 0 aromatic heterocycles. The number of halogens is 3. The molecule has 0 saturated carbocycles. The summed E-state index contributed by atoms with van der Waals surface area (Å²) in [5.74, 6) is 0.177. The molecule has 70 valence electrons. The molecule has 1 aromatic rings. The largest absolute Gasteiger partial charge is 0.289 e. The third kappa shape index (κ3) is 2.05. The Hall–Kier alpha value is -0.510. The van der Waals surface area contributed by atoms with E-state index < -0.39 is 4.92 Å². The molecule has 6 heteroatoms. The quantitative estimate of drug-likeness (QED) is 0.450. The maximum Gasteiger partial charge on any atom is 0.289 e. The lowest BCUT2D eigenvalue weighted by Crippen LogP contribution is -1.91. The van der Waals surface area contributed by atoms with Gasteiger partial charge in [-0.25, -0.2) is 0 Å². The summed E-state index contributed by atoms with van der Waals surface area (Å²) in [6.07, 6.45) is 0. The van der Waals surface area contributed by atoms with Crippen molar-refractivity contribution in [2.75, 3.05) is 0 Å². The summed E-state index contributed by atoms with van der Waals surface area (Å²) < 4.78 is 0. The van der Waals surface area contributed by atoms with Crippen molar-refractivity contribution in [2.45, 2.75) is 5.88 Å². The van der Waals surface area contributed by atoms with Crippen molar-refractivity contribution < 1.29 is 4.92 Å². The number of rotatable bonds is 2. The van der Waals surface area contributed by atoms with Crippen molar-refractivity contribution in [3.05, 3.63) is 37.9 Å². The van der Waals surface area contributed by atoms with Gasteiger partial charge in [0, 0.05) is 11.9 Å². The zero-order valence-electron chi connectivity index (χ0n) is 6.26. The van der Waals surface area contributed by atoms with Crippen molar-refractivity contribution >= 4 is 40.5 Å². The van der Waals surface area contributed by atoms with Gasteiger partial charge in [-0.3, -0.25) is 10.1 Å². The lowest BCUT2D eigenvalue weighted by atomic mass is 10.2. The third-order valence-corrected chi connectivity index (χ3v) is 2.68. The van der Waals surface area contributed by atoms with Crippen LogP contribution in [0.3, 0.4) is 0 Å². The molecule has 0 aliphatic carbocycles. The lowest BCUT2D eigenvalue weighted by Gasteiger charge is -2.01. The Bertz CT molecular complexity index is 354. The summed E-state index contributed by atoms with van der Waals surface area (Å²) in [7, 11) is 0. The topological polar surface area (TPSA) is 43.1 Å². The van der Waals surface area contributed by atoms with Crippen molar-refractivity contribution in [2.24, 2.45) is 0 Å². The summed E-state index contributed by atoms with van der Waals surface area (Å²) >= 11 is 16.9. The van der Waals surface area contributed by atoms with Crippen LogP contribution >= 0.6 is 34.8 Å². The first-order valence-electron chi connectivity index (χ1n) is 3.25. The predicted octanol–water partition coefficient (Wildman–Crippen LogP) is 3.64. The number of benzene rings is 1. The summed E-state index contributed by atoms with van der Waals surface area (Å²) in [6.45, 7) is 0. The SMILES string of the molecule is O=[N+]([O-])c1ccc(CCl)c(Cl)c1Cl. The van der Waals surface area contributed by atoms with E-state index >= 15 is 0 Å². The number of alkyl halides is 1. The summed E-state index contributed by atoms with van der Waals surface area (Å²) in [5.41, 5.74) is 0.375. The highest BCUT2D eigenvalue weighted by Crippen LogP contribution is 2.34. The molecule has 0 spiro atoms. The first-order valence-corrected chi connectivity index (χ1v) is 4.54. The van der Waals surface area contributed by atoms with Crippen LogP contribution in [0.4, 0.5) is 5.69 Å². The zero-order chi connectivity index (χ0) is 10.0. The van der Waals surface area contributed by atoms with Crippen LogP contribution in [0, 0.1) is 10.1 Å². The molecule has 1 aromatic carbocycles. The number of hydrogen-bond acceptors (Lipinski definition) is 2. The second-order valence-electron chi connectivity index (χ2n) is 2.26. The molecule has 1 rings (SSSR count). The molecule has 0 bridgehead atoms. The Balaban J connectivity index is 3.31. The van der Waals surface area contributed by atoms with Gasteiger partial charge >= 0.3 is 0 Å². The lowest BCUT2D eigenvalue weighted by molar-refractivity contribution is -0.384. The molecule has 13 heavy (non-hydrogen) atoms. The van der Waals surface area contributed by atoms with E-state index in [1.54, 1.807) is 0 Å². The Labute approximate surface area is 89.4 Å². The molecule has 0 heterocycles. The fraction of sp³-hybridized carbons (Fsp3) is 0.143. The Morgan fingerprint density at radius 3 is 2.38 bits per heavy atom. The van der Waals surface area contributed by atoms with E-state index in [4.69, 9.17) is 34.8 Å². The van der Waals surface area contributed by atoms with Gasteiger partial charge in [-0.1, -0.05) is 23.2 Å². The molecule has 0 unspecified atom stereocenters. The van der Waals surface area contributed by atoms with Gasteiger partial charge in [0.05, 0.1) is 9.95 Å². The van der Waals surface area contributed by atoms with Crippen LogP contribution in [0.25, 0.3) is 0 Å². The summed E-state index contributed by atoms with van der Waals surface area (Å²) in [6, 6.07) is 2.77. The molecule has 0 aliphatic heterocycles. The Morgan fingerprint density at radius 1 is 1.31 bits per heavy atom. The van der Waals surface area contributed by atoms with Crippen LogP contribution in [0.15, 0.2) is 12.1 Å². The number of hydrogen-bond donors (Lipinski definition) is 0. The molecular weight excluding hydrogens is 236 g/mol. The minimum absolute atomic E-state index is 0.0650. The predicted molar refractivity (Wildman–Crippen MR) is 52.7 cm³/mol. The second kappa shape index (κ2) is 4.13. The normalized spacial score (nSPS) is 10.1. The Morgan fingerprint density at radius 2 is 1.92 bits per heavy atom. The van der Waals surface area contributed by atoms with E-state index in [1.165, 1.54) is 12.1 Å². The fourth-order valence-electron chi connectivity index (χ4n) is 0.823. The van der Waals surface area contributed by atoms with Crippen LogP contribution in [-0.4, -0.2) is 4.92 Å². The van der Waals surface area contributed by atoms with Crippen LogP contribution in [-0.2, 0) is 5.88 Å². The standard InChI is InChI=1S/C7H4Cl3NO2/c8-3-4-1-2-5(11(12)13)7(10)6(4)9/h1-2H,3H2. The first-order chi connectivity index (χ1) is 6.07. The average Bonchev–Trinajstić information content (AvgIpc) is 2.09. The highest BCUT2D eigenvalue weighted by atomic mass is 35.5.